The molecule has 0 spiro atoms. The number of para-hydroxylation sites is 3. The van der Waals surface area contributed by atoms with Crippen molar-refractivity contribution in [1.82, 2.24) is 0 Å². The number of sulfone groups is 1. The first-order chi connectivity index (χ1) is 13.9. The molecule has 6 heteroatoms. The van der Waals surface area contributed by atoms with Gasteiger partial charge in [0.2, 0.25) is 5.91 Å². The van der Waals surface area contributed by atoms with Crippen LogP contribution in [0.15, 0.2) is 83.8 Å². The smallest absolute Gasteiger partial charge is 0.224 e. The van der Waals surface area contributed by atoms with Gasteiger partial charge in [0.15, 0.2) is 15.6 Å². The number of anilines is 1. The Morgan fingerprint density at radius 1 is 0.897 bits per heavy atom. The van der Waals surface area contributed by atoms with Gasteiger partial charge in [-0.05, 0) is 49.7 Å². The molecule has 0 unspecified atom stereocenters. The molecule has 5 nitrogen and oxygen atoms in total. The predicted octanol–water partition coefficient (Wildman–Crippen LogP) is 4.98. The average molecular weight is 410 g/mol. The van der Waals surface area contributed by atoms with Gasteiger partial charge in [-0.15, -0.1) is 0 Å². The SMILES string of the molecule is Cc1ccc(S(=O)(=O)CCCC(=O)Nc2ccccc2Oc2ccccc2)cc1. The van der Waals surface area contributed by atoms with E-state index in [9.17, 15) is 13.2 Å². The normalized spacial score (nSPS) is 11.1. The van der Waals surface area contributed by atoms with Crippen molar-refractivity contribution in [3.63, 3.8) is 0 Å². The van der Waals surface area contributed by atoms with Gasteiger partial charge in [0.25, 0.3) is 0 Å². The number of ether oxygens (including phenoxy) is 1. The third kappa shape index (κ3) is 5.93. The van der Waals surface area contributed by atoms with Gasteiger partial charge < -0.3 is 10.1 Å². The summed E-state index contributed by atoms with van der Waals surface area (Å²) in [5.74, 6) is 0.858. The van der Waals surface area contributed by atoms with E-state index in [2.05, 4.69) is 5.32 Å². The molecule has 3 aromatic rings. The molecule has 3 rings (SSSR count). The summed E-state index contributed by atoms with van der Waals surface area (Å²) in [6.07, 6.45) is 0.342. The third-order valence-electron chi connectivity index (χ3n) is 4.33. The summed E-state index contributed by atoms with van der Waals surface area (Å²) in [5.41, 5.74) is 1.54. The van der Waals surface area contributed by atoms with Crippen LogP contribution in [-0.2, 0) is 14.6 Å². The molecular weight excluding hydrogens is 386 g/mol. The highest BCUT2D eigenvalue weighted by Gasteiger charge is 2.15. The lowest BCUT2D eigenvalue weighted by Gasteiger charge is -2.12. The molecule has 0 aliphatic carbocycles. The van der Waals surface area contributed by atoms with E-state index in [-0.39, 0.29) is 29.4 Å². The number of carbonyl (C=O) groups is 1. The summed E-state index contributed by atoms with van der Waals surface area (Å²) in [6.45, 7) is 1.90. The zero-order valence-corrected chi connectivity index (χ0v) is 17.0. The van der Waals surface area contributed by atoms with Gasteiger partial charge >= 0.3 is 0 Å². The molecule has 29 heavy (non-hydrogen) atoms. The number of carbonyl (C=O) groups excluding carboxylic acids is 1. The molecule has 0 aliphatic heterocycles. The Hall–Kier alpha value is -3.12. The molecule has 1 amide bonds. The van der Waals surface area contributed by atoms with Gasteiger partial charge in [0.05, 0.1) is 16.3 Å². The summed E-state index contributed by atoms with van der Waals surface area (Å²) in [6, 6.07) is 23.2. The monoisotopic (exact) mass is 409 g/mol. The molecule has 0 aliphatic rings. The van der Waals surface area contributed by atoms with E-state index < -0.39 is 9.84 Å². The molecular formula is C23H23NO4S. The average Bonchev–Trinajstić information content (AvgIpc) is 2.70. The zero-order valence-electron chi connectivity index (χ0n) is 16.2. The molecule has 3 aromatic carbocycles. The van der Waals surface area contributed by atoms with E-state index in [1.807, 2.05) is 43.3 Å². The first kappa shape index (κ1) is 20.6. The molecule has 0 atom stereocenters. The second-order valence-corrected chi connectivity index (χ2v) is 8.80. The Balaban J connectivity index is 1.57. The highest BCUT2D eigenvalue weighted by molar-refractivity contribution is 7.91. The topological polar surface area (TPSA) is 72.5 Å². The molecule has 0 saturated heterocycles. The van der Waals surface area contributed by atoms with Crippen molar-refractivity contribution >= 4 is 21.4 Å². The van der Waals surface area contributed by atoms with E-state index >= 15 is 0 Å². The third-order valence-corrected chi connectivity index (χ3v) is 6.15. The molecule has 0 fully saturated rings. The minimum absolute atomic E-state index is 0.0777. The number of amides is 1. The summed E-state index contributed by atoms with van der Waals surface area (Å²) in [5, 5.41) is 2.81. The van der Waals surface area contributed by atoms with Crippen LogP contribution in [-0.4, -0.2) is 20.1 Å². The molecule has 0 aromatic heterocycles. The molecule has 0 bridgehead atoms. The van der Waals surface area contributed by atoms with Gasteiger partial charge in [-0.1, -0.05) is 48.0 Å². The van der Waals surface area contributed by atoms with Crippen molar-refractivity contribution in [2.75, 3.05) is 11.1 Å². The van der Waals surface area contributed by atoms with Crippen molar-refractivity contribution in [1.29, 1.82) is 0 Å². The van der Waals surface area contributed by atoms with Crippen LogP contribution in [0.4, 0.5) is 5.69 Å². The van der Waals surface area contributed by atoms with Crippen LogP contribution < -0.4 is 10.1 Å². The van der Waals surface area contributed by atoms with Crippen LogP contribution in [0.2, 0.25) is 0 Å². The summed E-state index contributed by atoms with van der Waals surface area (Å²) in [4.78, 5) is 12.6. The van der Waals surface area contributed by atoms with E-state index in [0.29, 0.717) is 17.2 Å². The van der Waals surface area contributed by atoms with Crippen molar-refractivity contribution in [2.24, 2.45) is 0 Å². The lowest BCUT2D eigenvalue weighted by molar-refractivity contribution is -0.116. The molecule has 150 valence electrons. The standard InChI is InChI=1S/C23H23NO4S/c1-18-13-15-20(16-14-18)29(26,27)17-7-12-23(25)24-21-10-5-6-11-22(21)28-19-8-3-2-4-9-19/h2-6,8-11,13-16H,7,12,17H2,1H3,(H,24,25). The molecule has 1 N–H and O–H groups in total. The highest BCUT2D eigenvalue weighted by Crippen LogP contribution is 2.29. The van der Waals surface area contributed by atoms with Gasteiger partial charge in [-0.2, -0.15) is 0 Å². The summed E-state index contributed by atoms with van der Waals surface area (Å²) in [7, 11) is -3.40. The number of benzene rings is 3. The first-order valence-corrected chi connectivity index (χ1v) is 11.0. The number of hydrogen-bond acceptors (Lipinski definition) is 4. The quantitative estimate of drug-likeness (QED) is 0.569. The van der Waals surface area contributed by atoms with Crippen LogP contribution in [0.3, 0.4) is 0 Å². The van der Waals surface area contributed by atoms with Crippen LogP contribution >= 0.6 is 0 Å². The lowest BCUT2D eigenvalue weighted by Crippen LogP contribution is -2.14. The van der Waals surface area contributed by atoms with E-state index in [4.69, 9.17) is 4.74 Å². The Labute approximate surface area is 171 Å². The van der Waals surface area contributed by atoms with Gasteiger partial charge in [0.1, 0.15) is 5.75 Å². The fraction of sp³-hybridized carbons (Fsp3) is 0.174. The molecule has 0 heterocycles. The first-order valence-electron chi connectivity index (χ1n) is 9.35. The fourth-order valence-corrected chi connectivity index (χ4v) is 4.08. The Bertz CT molecular complexity index is 1060. The minimum atomic E-state index is -3.40. The van der Waals surface area contributed by atoms with E-state index in [0.717, 1.165) is 5.56 Å². The second-order valence-electron chi connectivity index (χ2n) is 6.69. The maximum absolute atomic E-state index is 12.4. The van der Waals surface area contributed by atoms with Gasteiger partial charge in [-0.3, -0.25) is 4.79 Å². The maximum Gasteiger partial charge on any atom is 0.224 e. The fourth-order valence-electron chi connectivity index (χ4n) is 2.77. The number of rotatable bonds is 8. The Morgan fingerprint density at radius 2 is 1.55 bits per heavy atom. The minimum Gasteiger partial charge on any atom is -0.455 e. The number of hydrogen-bond donors (Lipinski definition) is 1. The lowest BCUT2D eigenvalue weighted by atomic mass is 10.2. The van der Waals surface area contributed by atoms with Crippen molar-refractivity contribution in [3.8, 4) is 11.5 Å². The zero-order chi connectivity index (χ0) is 20.7. The van der Waals surface area contributed by atoms with Crippen LogP contribution in [0, 0.1) is 6.92 Å². The number of nitrogens with one attached hydrogen (secondary N) is 1. The maximum atomic E-state index is 12.4. The van der Waals surface area contributed by atoms with E-state index in [1.54, 1.807) is 42.5 Å². The largest absolute Gasteiger partial charge is 0.455 e. The second kappa shape index (κ2) is 9.39. The molecule has 0 saturated carbocycles. The van der Waals surface area contributed by atoms with E-state index in [1.165, 1.54) is 0 Å². The summed E-state index contributed by atoms with van der Waals surface area (Å²) < 4.78 is 30.6. The Morgan fingerprint density at radius 3 is 2.28 bits per heavy atom. The van der Waals surface area contributed by atoms with Crippen molar-refractivity contribution in [3.05, 3.63) is 84.4 Å². The van der Waals surface area contributed by atoms with Crippen LogP contribution in [0.25, 0.3) is 0 Å². The van der Waals surface area contributed by atoms with Gasteiger partial charge in [0, 0.05) is 6.42 Å². The van der Waals surface area contributed by atoms with Crippen molar-refractivity contribution < 1.29 is 17.9 Å². The van der Waals surface area contributed by atoms with Crippen LogP contribution in [0.1, 0.15) is 18.4 Å². The molecule has 0 radical (unpaired) electrons. The van der Waals surface area contributed by atoms with Gasteiger partial charge in [-0.25, -0.2) is 8.42 Å². The number of aryl methyl sites for hydroxylation is 1. The predicted molar refractivity (Wildman–Crippen MR) is 114 cm³/mol. The highest BCUT2D eigenvalue weighted by atomic mass is 32.2. The summed E-state index contributed by atoms with van der Waals surface area (Å²) >= 11 is 0. The van der Waals surface area contributed by atoms with Crippen LogP contribution in [0.5, 0.6) is 11.5 Å². The van der Waals surface area contributed by atoms with Crippen molar-refractivity contribution in [2.45, 2.75) is 24.7 Å². The Kier molecular flexibility index (Phi) is 6.67.